The van der Waals surface area contributed by atoms with Gasteiger partial charge in [0, 0.05) is 31.5 Å². The third-order valence-electron chi connectivity index (χ3n) is 4.39. The lowest BCUT2D eigenvalue weighted by Crippen LogP contribution is -2.37. The van der Waals surface area contributed by atoms with Crippen LogP contribution in [0.1, 0.15) is 18.9 Å². The van der Waals surface area contributed by atoms with Crippen molar-refractivity contribution in [2.45, 2.75) is 29.3 Å². The fraction of sp³-hybridized carbons (Fsp3) is 0.400. The number of nitro benzene ring substituents is 1. The largest absolute Gasteiger partial charge is 0.501 e. The molecule has 0 N–H and O–H groups in total. The molecule has 146 valence electrons. The number of hydrogen-bond acceptors (Lipinski definition) is 6. The molecule has 0 amide bonds. The van der Waals surface area contributed by atoms with Gasteiger partial charge in [-0.15, -0.1) is 0 Å². The van der Waals surface area contributed by atoms with Gasteiger partial charge < -0.3 is 4.90 Å². The van der Waals surface area contributed by atoms with Gasteiger partial charge in [0.25, 0.3) is 15.5 Å². The van der Waals surface area contributed by atoms with Gasteiger partial charge in [0.1, 0.15) is 5.69 Å². The highest BCUT2D eigenvalue weighted by atomic mass is 32.2. The van der Waals surface area contributed by atoms with Crippen LogP contribution in [0.4, 0.5) is 24.5 Å². The molecule has 1 aromatic carbocycles. The van der Waals surface area contributed by atoms with Gasteiger partial charge in [-0.05, 0) is 31.0 Å². The van der Waals surface area contributed by atoms with E-state index >= 15 is 0 Å². The third-order valence-corrected chi connectivity index (χ3v) is 5.88. The van der Waals surface area contributed by atoms with E-state index in [0.717, 1.165) is 18.6 Å². The zero-order valence-electron chi connectivity index (χ0n) is 13.8. The fourth-order valence-electron chi connectivity index (χ4n) is 3.10. The Kier molecular flexibility index (Phi) is 4.84. The second kappa shape index (κ2) is 6.83. The second-order valence-corrected chi connectivity index (χ2v) is 8.03. The Balaban J connectivity index is 1.97. The Morgan fingerprint density at radius 2 is 2.04 bits per heavy atom. The molecule has 0 saturated carbocycles. The van der Waals surface area contributed by atoms with Gasteiger partial charge in [-0.25, -0.2) is 8.42 Å². The van der Waals surface area contributed by atoms with Crippen LogP contribution in [0.15, 0.2) is 41.6 Å². The summed E-state index contributed by atoms with van der Waals surface area (Å²) in [6.45, 7) is 0.831. The number of halogens is 3. The SMILES string of the molecule is O=[N+]([O-])c1cc(S(=O)(=O)C(F)(F)F)ccc1N1CCCC(n2cccn2)C1. The van der Waals surface area contributed by atoms with Crippen LogP contribution in [0.3, 0.4) is 0 Å². The molecule has 2 aromatic rings. The molecule has 0 spiro atoms. The van der Waals surface area contributed by atoms with E-state index in [9.17, 15) is 31.7 Å². The first-order valence-corrected chi connectivity index (χ1v) is 9.43. The summed E-state index contributed by atoms with van der Waals surface area (Å²) < 4.78 is 63.0. The zero-order chi connectivity index (χ0) is 19.8. The molecule has 2 heterocycles. The molecule has 1 unspecified atom stereocenters. The molecule has 1 aliphatic rings. The maximum absolute atomic E-state index is 12.7. The number of piperidine rings is 1. The monoisotopic (exact) mass is 404 g/mol. The maximum atomic E-state index is 12.7. The average molecular weight is 404 g/mol. The predicted molar refractivity (Wildman–Crippen MR) is 89.0 cm³/mol. The number of alkyl halides is 3. The standard InChI is InChI=1S/C15H15F3N4O4S/c16-15(17,18)27(25,26)12-4-5-13(14(9-12)22(23)24)20-7-1-3-11(10-20)21-8-2-6-19-21/h2,4-6,8-9,11H,1,3,7,10H2. The van der Waals surface area contributed by atoms with E-state index in [2.05, 4.69) is 5.10 Å². The first-order valence-electron chi connectivity index (χ1n) is 7.95. The lowest BCUT2D eigenvalue weighted by atomic mass is 10.0. The highest BCUT2D eigenvalue weighted by molar-refractivity contribution is 7.92. The first-order chi connectivity index (χ1) is 12.6. The summed E-state index contributed by atoms with van der Waals surface area (Å²) in [7, 11) is -5.66. The highest BCUT2D eigenvalue weighted by Crippen LogP contribution is 2.37. The maximum Gasteiger partial charge on any atom is 0.501 e. The van der Waals surface area contributed by atoms with Crippen LogP contribution in [0, 0.1) is 10.1 Å². The number of rotatable bonds is 4. The highest BCUT2D eigenvalue weighted by Gasteiger charge is 2.47. The van der Waals surface area contributed by atoms with Crippen molar-refractivity contribution in [2.75, 3.05) is 18.0 Å². The van der Waals surface area contributed by atoms with E-state index in [-0.39, 0.29) is 11.7 Å². The van der Waals surface area contributed by atoms with Gasteiger partial charge in [0.2, 0.25) is 0 Å². The summed E-state index contributed by atoms with van der Waals surface area (Å²) in [5.74, 6) is 0. The van der Waals surface area contributed by atoms with E-state index in [1.165, 1.54) is 0 Å². The van der Waals surface area contributed by atoms with Crippen molar-refractivity contribution < 1.29 is 26.5 Å². The van der Waals surface area contributed by atoms with Crippen LogP contribution in [-0.4, -0.2) is 41.7 Å². The summed E-state index contributed by atoms with van der Waals surface area (Å²) >= 11 is 0. The quantitative estimate of drug-likeness (QED) is 0.574. The van der Waals surface area contributed by atoms with Crippen molar-refractivity contribution in [3.05, 3.63) is 46.8 Å². The minimum Gasteiger partial charge on any atom is -0.364 e. The Labute approximate surface area is 152 Å². The molecule has 27 heavy (non-hydrogen) atoms. The Morgan fingerprint density at radius 3 is 2.63 bits per heavy atom. The van der Waals surface area contributed by atoms with Gasteiger partial charge >= 0.3 is 5.51 Å². The van der Waals surface area contributed by atoms with Crippen molar-refractivity contribution in [1.82, 2.24) is 9.78 Å². The second-order valence-electron chi connectivity index (χ2n) is 6.08. The topological polar surface area (TPSA) is 98.3 Å². The molecule has 3 rings (SSSR count). The molecule has 1 aliphatic heterocycles. The van der Waals surface area contributed by atoms with Gasteiger partial charge in [0.05, 0.1) is 15.9 Å². The molecular weight excluding hydrogens is 389 g/mol. The smallest absolute Gasteiger partial charge is 0.364 e. The summed E-state index contributed by atoms with van der Waals surface area (Å²) in [6, 6.07) is 3.98. The molecule has 0 aliphatic carbocycles. The molecule has 1 fully saturated rings. The normalized spacial score (nSPS) is 18.5. The summed E-state index contributed by atoms with van der Waals surface area (Å²) in [6.07, 6.45) is 4.87. The molecule has 0 radical (unpaired) electrons. The minimum atomic E-state index is -5.66. The molecule has 12 heteroatoms. The lowest BCUT2D eigenvalue weighted by Gasteiger charge is -2.34. The number of hydrogen-bond donors (Lipinski definition) is 0. The van der Waals surface area contributed by atoms with Crippen LogP contribution < -0.4 is 4.90 Å². The Hall–Kier alpha value is -2.63. The van der Waals surface area contributed by atoms with Crippen molar-refractivity contribution in [1.29, 1.82) is 0 Å². The summed E-state index contributed by atoms with van der Waals surface area (Å²) in [5, 5.41) is 15.5. The Morgan fingerprint density at radius 1 is 1.30 bits per heavy atom. The van der Waals surface area contributed by atoms with Gasteiger partial charge in [-0.2, -0.15) is 18.3 Å². The summed E-state index contributed by atoms with van der Waals surface area (Å²) in [5.41, 5.74) is -6.13. The van der Waals surface area contributed by atoms with Crippen LogP contribution in [0.25, 0.3) is 0 Å². The number of benzene rings is 1. The van der Waals surface area contributed by atoms with Crippen molar-refractivity contribution >= 4 is 21.2 Å². The number of aromatic nitrogens is 2. The van der Waals surface area contributed by atoms with Crippen LogP contribution in [0.2, 0.25) is 0 Å². The van der Waals surface area contributed by atoms with Crippen LogP contribution in [-0.2, 0) is 9.84 Å². The average Bonchev–Trinajstić information content (AvgIpc) is 3.15. The molecule has 8 nitrogen and oxygen atoms in total. The van der Waals surface area contributed by atoms with Crippen molar-refractivity contribution in [2.24, 2.45) is 0 Å². The minimum absolute atomic E-state index is 0.0491. The molecule has 1 aromatic heterocycles. The summed E-state index contributed by atoms with van der Waals surface area (Å²) in [4.78, 5) is 11.0. The molecule has 0 bridgehead atoms. The van der Waals surface area contributed by atoms with Gasteiger partial charge in [-0.3, -0.25) is 14.8 Å². The predicted octanol–water partition coefficient (Wildman–Crippen LogP) is 2.93. The van der Waals surface area contributed by atoms with Crippen molar-refractivity contribution in [3.8, 4) is 0 Å². The molecule has 1 atom stereocenters. The number of anilines is 1. The lowest BCUT2D eigenvalue weighted by molar-refractivity contribution is -0.384. The van der Waals surface area contributed by atoms with Crippen LogP contribution in [0.5, 0.6) is 0 Å². The van der Waals surface area contributed by atoms with Crippen molar-refractivity contribution in [3.63, 3.8) is 0 Å². The third kappa shape index (κ3) is 3.61. The number of sulfone groups is 1. The van der Waals surface area contributed by atoms with E-state index < -0.39 is 30.9 Å². The van der Waals surface area contributed by atoms with E-state index in [0.29, 0.717) is 25.6 Å². The number of nitrogens with zero attached hydrogens (tertiary/aromatic N) is 4. The molecule has 1 saturated heterocycles. The first kappa shape index (κ1) is 19.1. The van der Waals surface area contributed by atoms with E-state index in [1.807, 2.05) is 0 Å². The van der Waals surface area contributed by atoms with Crippen LogP contribution >= 0.6 is 0 Å². The van der Waals surface area contributed by atoms with E-state index in [4.69, 9.17) is 0 Å². The van der Waals surface area contributed by atoms with Gasteiger partial charge in [0.15, 0.2) is 0 Å². The molecular formula is C15H15F3N4O4S. The van der Waals surface area contributed by atoms with E-state index in [1.54, 1.807) is 28.0 Å². The fourth-order valence-corrected chi connectivity index (χ4v) is 3.89. The van der Waals surface area contributed by atoms with Gasteiger partial charge in [-0.1, -0.05) is 0 Å². The Bertz CT molecular complexity index is 944. The number of nitro groups is 1. The zero-order valence-corrected chi connectivity index (χ0v) is 14.7.